The van der Waals surface area contributed by atoms with Crippen molar-refractivity contribution in [1.82, 2.24) is 0 Å². The second-order valence-electron chi connectivity index (χ2n) is 4.38. The zero-order valence-corrected chi connectivity index (χ0v) is 13.3. The molecular formula is C16H18O6S. The van der Waals surface area contributed by atoms with Crippen molar-refractivity contribution in [1.29, 1.82) is 0 Å². The molecule has 124 valence electrons. The Bertz CT molecular complexity index is 604. The molecule has 0 aliphatic rings. The van der Waals surface area contributed by atoms with Crippen molar-refractivity contribution < 1.29 is 26.3 Å². The van der Waals surface area contributed by atoms with Crippen molar-refractivity contribution in [3.63, 3.8) is 0 Å². The quantitative estimate of drug-likeness (QED) is 0.620. The van der Waals surface area contributed by atoms with Gasteiger partial charge in [-0.25, -0.2) is 8.37 Å². The van der Waals surface area contributed by atoms with Gasteiger partial charge in [-0.2, -0.15) is 8.42 Å². The molecule has 0 unspecified atom stereocenters. The standard InChI is InChI=1S/C16H18O6S/c17-23(18,21-13-11-19-15-7-3-1-4-8-15)22-14-12-20-16-9-5-2-6-10-16/h1-10H,11-14H2. The molecule has 2 aromatic rings. The molecule has 6 nitrogen and oxygen atoms in total. The van der Waals surface area contributed by atoms with Crippen molar-refractivity contribution in [3.8, 4) is 11.5 Å². The Morgan fingerprint density at radius 2 is 1.00 bits per heavy atom. The smallest absolute Gasteiger partial charge is 0.400 e. The van der Waals surface area contributed by atoms with Gasteiger partial charge in [0.05, 0.1) is 0 Å². The average Bonchev–Trinajstić information content (AvgIpc) is 2.58. The molecule has 0 aliphatic heterocycles. The van der Waals surface area contributed by atoms with Gasteiger partial charge in [-0.3, -0.25) is 0 Å². The van der Waals surface area contributed by atoms with Crippen molar-refractivity contribution >= 4 is 10.4 Å². The van der Waals surface area contributed by atoms with Crippen molar-refractivity contribution in [2.24, 2.45) is 0 Å². The minimum Gasteiger partial charge on any atom is -0.491 e. The number of hydrogen-bond acceptors (Lipinski definition) is 6. The maximum absolute atomic E-state index is 11.5. The Balaban J connectivity index is 1.59. The maximum atomic E-state index is 11.5. The molecule has 0 aliphatic carbocycles. The predicted molar refractivity (Wildman–Crippen MR) is 84.7 cm³/mol. The van der Waals surface area contributed by atoms with Crippen LogP contribution in [0.5, 0.6) is 11.5 Å². The zero-order chi connectivity index (χ0) is 16.4. The number of rotatable bonds is 10. The highest BCUT2D eigenvalue weighted by Gasteiger charge is 2.11. The van der Waals surface area contributed by atoms with Crippen LogP contribution < -0.4 is 9.47 Å². The second kappa shape index (κ2) is 9.14. The second-order valence-corrected chi connectivity index (χ2v) is 5.66. The van der Waals surface area contributed by atoms with Crippen LogP contribution in [0.2, 0.25) is 0 Å². The highest BCUT2D eigenvalue weighted by Crippen LogP contribution is 2.09. The number of para-hydroxylation sites is 2. The van der Waals surface area contributed by atoms with Gasteiger partial charge in [-0.05, 0) is 24.3 Å². The molecule has 0 fully saturated rings. The van der Waals surface area contributed by atoms with Gasteiger partial charge in [0.25, 0.3) is 0 Å². The van der Waals surface area contributed by atoms with E-state index in [0.717, 1.165) is 0 Å². The molecule has 23 heavy (non-hydrogen) atoms. The summed E-state index contributed by atoms with van der Waals surface area (Å²) in [6.45, 7) is -0.0478. The molecule has 0 atom stereocenters. The summed E-state index contributed by atoms with van der Waals surface area (Å²) in [6, 6.07) is 18.1. The molecule has 2 rings (SSSR count). The van der Waals surface area contributed by atoms with Gasteiger partial charge in [0.2, 0.25) is 0 Å². The molecule has 0 saturated heterocycles. The predicted octanol–water partition coefficient (Wildman–Crippen LogP) is 2.42. The normalized spacial score (nSPS) is 11.1. The molecule has 0 aromatic heterocycles. The number of hydrogen-bond donors (Lipinski definition) is 0. The van der Waals surface area contributed by atoms with E-state index in [1.54, 1.807) is 24.3 Å². The Labute approximate surface area is 135 Å². The fraction of sp³-hybridized carbons (Fsp3) is 0.250. The topological polar surface area (TPSA) is 71.1 Å². The molecule has 0 radical (unpaired) electrons. The summed E-state index contributed by atoms with van der Waals surface area (Å²) in [7, 11) is -4.05. The number of benzene rings is 2. The van der Waals surface area contributed by atoms with Gasteiger partial charge in [0.15, 0.2) is 0 Å². The lowest BCUT2D eigenvalue weighted by molar-refractivity contribution is 0.159. The minimum absolute atomic E-state index is 0.104. The highest BCUT2D eigenvalue weighted by molar-refractivity contribution is 7.81. The van der Waals surface area contributed by atoms with Crippen LogP contribution in [0.4, 0.5) is 0 Å². The lowest BCUT2D eigenvalue weighted by Crippen LogP contribution is -2.18. The summed E-state index contributed by atoms with van der Waals surface area (Å²) in [5.41, 5.74) is 0. The summed E-state index contributed by atoms with van der Waals surface area (Å²) in [5, 5.41) is 0. The Kier molecular flexibility index (Phi) is 6.86. The van der Waals surface area contributed by atoms with Crippen LogP contribution in [-0.2, 0) is 18.8 Å². The first-order chi connectivity index (χ1) is 11.2. The molecule has 0 bridgehead atoms. The van der Waals surface area contributed by atoms with Crippen LogP contribution in [-0.4, -0.2) is 34.8 Å². The zero-order valence-electron chi connectivity index (χ0n) is 12.5. The van der Waals surface area contributed by atoms with Crippen LogP contribution in [0.15, 0.2) is 60.7 Å². The molecule has 0 spiro atoms. The summed E-state index contributed by atoms with van der Waals surface area (Å²) in [6.07, 6.45) is 0. The van der Waals surface area contributed by atoms with E-state index in [1.807, 2.05) is 36.4 Å². The van der Waals surface area contributed by atoms with Crippen LogP contribution >= 0.6 is 0 Å². The van der Waals surface area contributed by atoms with E-state index in [4.69, 9.17) is 9.47 Å². The first kappa shape index (κ1) is 17.3. The van der Waals surface area contributed by atoms with Crippen LogP contribution in [0.3, 0.4) is 0 Å². The van der Waals surface area contributed by atoms with E-state index in [9.17, 15) is 8.42 Å². The third kappa shape index (κ3) is 7.14. The monoisotopic (exact) mass is 338 g/mol. The molecule has 0 N–H and O–H groups in total. The average molecular weight is 338 g/mol. The molecule has 0 amide bonds. The SMILES string of the molecule is O=S(=O)(OCCOc1ccccc1)OCCOc1ccccc1. The van der Waals surface area contributed by atoms with Gasteiger partial charge in [-0.15, -0.1) is 0 Å². The lowest BCUT2D eigenvalue weighted by atomic mass is 10.3. The van der Waals surface area contributed by atoms with Gasteiger partial charge in [0, 0.05) is 0 Å². The summed E-state index contributed by atoms with van der Waals surface area (Å²) in [5.74, 6) is 1.29. The van der Waals surface area contributed by atoms with E-state index in [2.05, 4.69) is 8.37 Å². The first-order valence-electron chi connectivity index (χ1n) is 7.05. The largest absolute Gasteiger partial charge is 0.491 e. The van der Waals surface area contributed by atoms with Crippen LogP contribution in [0, 0.1) is 0 Å². The van der Waals surface area contributed by atoms with E-state index in [1.165, 1.54) is 0 Å². The summed E-state index contributed by atoms with van der Waals surface area (Å²) in [4.78, 5) is 0. The van der Waals surface area contributed by atoms with E-state index in [0.29, 0.717) is 11.5 Å². The van der Waals surface area contributed by atoms with E-state index in [-0.39, 0.29) is 26.4 Å². The van der Waals surface area contributed by atoms with Crippen molar-refractivity contribution in [2.45, 2.75) is 0 Å². The summed E-state index contributed by atoms with van der Waals surface area (Å²) < 4.78 is 43.0. The molecule has 2 aromatic carbocycles. The van der Waals surface area contributed by atoms with Crippen LogP contribution in [0.1, 0.15) is 0 Å². The molecule has 7 heteroatoms. The fourth-order valence-corrected chi connectivity index (χ4v) is 2.27. The third-order valence-corrected chi connectivity index (χ3v) is 3.56. The summed E-state index contributed by atoms with van der Waals surface area (Å²) >= 11 is 0. The van der Waals surface area contributed by atoms with Crippen molar-refractivity contribution in [2.75, 3.05) is 26.4 Å². The minimum atomic E-state index is -4.05. The van der Waals surface area contributed by atoms with E-state index >= 15 is 0 Å². The Hall–Kier alpha value is -2.09. The van der Waals surface area contributed by atoms with Gasteiger partial charge < -0.3 is 9.47 Å². The van der Waals surface area contributed by atoms with Gasteiger partial charge in [-0.1, -0.05) is 36.4 Å². The maximum Gasteiger partial charge on any atom is 0.400 e. The third-order valence-electron chi connectivity index (χ3n) is 2.65. The Morgan fingerprint density at radius 1 is 0.609 bits per heavy atom. The van der Waals surface area contributed by atoms with Crippen LogP contribution in [0.25, 0.3) is 0 Å². The Morgan fingerprint density at radius 3 is 1.39 bits per heavy atom. The molecule has 0 heterocycles. The van der Waals surface area contributed by atoms with Gasteiger partial charge in [0.1, 0.15) is 37.9 Å². The fourth-order valence-electron chi connectivity index (χ4n) is 1.66. The highest BCUT2D eigenvalue weighted by atomic mass is 32.3. The molecular weight excluding hydrogens is 320 g/mol. The van der Waals surface area contributed by atoms with Gasteiger partial charge >= 0.3 is 10.4 Å². The molecule has 0 saturated carbocycles. The van der Waals surface area contributed by atoms with Crippen molar-refractivity contribution in [3.05, 3.63) is 60.7 Å². The van der Waals surface area contributed by atoms with E-state index < -0.39 is 10.4 Å². The number of ether oxygens (including phenoxy) is 2. The first-order valence-corrected chi connectivity index (χ1v) is 8.38. The lowest BCUT2D eigenvalue weighted by Gasteiger charge is -2.08.